The number of ether oxygens (including phenoxy) is 1. The predicted octanol–water partition coefficient (Wildman–Crippen LogP) is 1.76. The summed E-state index contributed by atoms with van der Waals surface area (Å²) in [5.41, 5.74) is 0.905. The molecule has 1 amide bonds. The molecule has 2 aliphatic rings. The molecule has 2 saturated heterocycles. The van der Waals surface area contributed by atoms with Crippen molar-refractivity contribution >= 4 is 23.2 Å². The number of nitrogens with zero attached hydrogens (tertiary/aromatic N) is 2. The fourth-order valence-corrected chi connectivity index (χ4v) is 3.46. The number of carbonyl (C=O) groups is 1. The second kappa shape index (κ2) is 8.11. The van der Waals surface area contributed by atoms with E-state index in [2.05, 4.69) is 10.2 Å². The highest BCUT2D eigenvalue weighted by Crippen LogP contribution is 2.25. The van der Waals surface area contributed by atoms with Crippen LogP contribution in [0, 0.1) is 0 Å². The molecule has 1 N–H and O–H groups in total. The van der Waals surface area contributed by atoms with Gasteiger partial charge in [-0.15, -0.1) is 0 Å². The van der Waals surface area contributed by atoms with E-state index in [1.165, 1.54) is 0 Å². The molecule has 0 radical (unpaired) electrons. The monoisotopic (exact) mass is 337 g/mol. The molecular formula is C17H24ClN3O2. The first kappa shape index (κ1) is 16.7. The van der Waals surface area contributed by atoms with Crippen LogP contribution in [0.5, 0.6) is 0 Å². The highest BCUT2D eigenvalue weighted by molar-refractivity contribution is 6.30. The number of anilines is 1. The van der Waals surface area contributed by atoms with Crippen molar-refractivity contribution in [3.63, 3.8) is 0 Å². The summed E-state index contributed by atoms with van der Waals surface area (Å²) in [6, 6.07) is 7.86. The van der Waals surface area contributed by atoms with E-state index in [1.54, 1.807) is 0 Å². The minimum atomic E-state index is 0.154. The van der Waals surface area contributed by atoms with Gasteiger partial charge in [-0.05, 0) is 44.1 Å². The van der Waals surface area contributed by atoms with Crippen LogP contribution in [0.1, 0.15) is 12.8 Å². The zero-order valence-corrected chi connectivity index (χ0v) is 14.1. The summed E-state index contributed by atoms with van der Waals surface area (Å²) in [5, 5.41) is 4.03. The molecule has 1 aromatic carbocycles. The van der Waals surface area contributed by atoms with E-state index >= 15 is 0 Å². The fraction of sp³-hybridized carbons (Fsp3) is 0.588. The number of nitrogens with one attached hydrogen (secondary N) is 1. The minimum Gasteiger partial charge on any atom is -0.379 e. The van der Waals surface area contributed by atoms with Gasteiger partial charge in [0.25, 0.3) is 0 Å². The molecule has 0 atom stereocenters. The second-order valence-electron chi connectivity index (χ2n) is 6.11. The smallest absolute Gasteiger partial charge is 0.241 e. The molecule has 2 heterocycles. The number of benzene rings is 1. The van der Waals surface area contributed by atoms with Crippen LogP contribution < -0.4 is 10.2 Å². The lowest BCUT2D eigenvalue weighted by atomic mass is 10.0. The Hall–Kier alpha value is -1.14. The first-order chi connectivity index (χ1) is 11.2. The van der Waals surface area contributed by atoms with Crippen LogP contribution in [0.3, 0.4) is 0 Å². The van der Waals surface area contributed by atoms with Gasteiger partial charge in [0.1, 0.15) is 0 Å². The summed E-state index contributed by atoms with van der Waals surface area (Å²) in [7, 11) is 0. The van der Waals surface area contributed by atoms with Crippen LogP contribution in [-0.2, 0) is 9.53 Å². The SMILES string of the molecule is O=C(CN1CCOCC1)N(c1cccc(Cl)c1)C1CCNCC1. The molecular weight excluding hydrogens is 314 g/mol. The van der Waals surface area contributed by atoms with Gasteiger partial charge in [0, 0.05) is 29.8 Å². The number of hydrogen-bond donors (Lipinski definition) is 1. The van der Waals surface area contributed by atoms with Crippen molar-refractivity contribution in [3.05, 3.63) is 29.3 Å². The Bertz CT molecular complexity index is 528. The molecule has 5 nitrogen and oxygen atoms in total. The van der Waals surface area contributed by atoms with Crippen LogP contribution in [0.25, 0.3) is 0 Å². The summed E-state index contributed by atoms with van der Waals surface area (Å²) in [6.45, 7) is 5.40. The number of halogens is 1. The second-order valence-corrected chi connectivity index (χ2v) is 6.55. The van der Waals surface area contributed by atoms with E-state index in [0.717, 1.165) is 44.7 Å². The van der Waals surface area contributed by atoms with Gasteiger partial charge in [0.05, 0.1) is 19.8 Å². The van der Waals surface area contributed by atoms with Gasteiger partial charge >= 0.3 is 0 Å². The van der Waals surface area contributed by atoms with Crippen LogP contribution in [0.2, 0.25) is 5.02 Å². The molecule has 0 saturated carbocycles. The third-order valence-electron chi connectivity index (χ3n) is 4.49. The Balaban J connectivity index is 1.77. The normalized spacial score (nSPS) is 20.4. The van der Waals surface area contributed by atoms with E-state index < -0.39 is 0 Å². The summed E-state index contributed by atoms with van der Waals surface area (Å²) < 4.78 is 5.37. The van der Waals surface area contributed by atoms with Gasteiger partial charge in [-0.2, -0.15) is 0 Å². The molecule has 6 heteroatoms. The highest BCUT2D eigenvalue weighted by atomic mass is 35.5. The average Bonchev–Trinajstić information content (AvgIpc) is 2.57. The summed E-state index contributed by atoms with van der Waals surface area (Å²) >= 11 is 6.15. The lowest BCUT2D eigenvalue weighted by molar-refractivity contribution is -0.121. The topological polar surface area (TPSA) is 44.8 Å². The average molecular weight is 338 g/mol. The lowest BCUT2D eigenvalue weighted by Gasteiger charge is -2.36. The predicted molar refractivity (Wildman–Crippen MR) is 92.1 cm³/mol. The van der Waals surface area contributed by atoms with Crippen molar-refractivity contribution in [2.75, 3.05) is 50.8 Å². The van der Waals surface area contributed by atoms with Gasteiger partial charge in [0.15, 0.2) is 0 Å². The van der Waals surface area contributed by atoms with Gasteiger partial charge in [-0.3, -0.25) is 9.69 Å². The molecule has 0 aromatic heterocycles. The van der Waals surface area contributed by atoms with Crippen molar-refractivity contribution in [3.8, 4) is 0 Å². The van der Waals surface area contributed by atoms with Crippen molar-refractivity contribution in [2.45, 2.75) is 18.9 Å². The van der Waals surface area contributed by atoms with E-state index in [1.807, 2.05) is 29.2 Å². The maximum absolute atomic E-state index is 13.0. The summed E-state index contributed by atoms with van der Waals surface area (Å²) in [6.07, 6.45) is 1.95. The fourth-order valence-electron chi connectivity index (χ4n) is 3.28. The standard InChI is InChI=1S/C17H24ClN3O2/c18-14-2-1-3-16(12-14)21(15-4-6-19-7-5-15)17(22)13-20-8-10-23-11-9-20/h1-3,12,15,19H,4-11,13H2. The number of rotatable bonds is 4. The molecule has 3 rings (SSSR count). The molecule has 2 fully saturated rings. The molecule has 1 aromatic rings. The minimum absolute atomic E-state index is 0.154. The summed E-state index contributed by atoms with van der Waals surface area (Å²) in [4.78, 5) is 17.1. The van der Waals surface area contributed by atoms with Gasteiger partial charge < -0.3 is 15.0 Å². The zero-order valence-electron chi connectivity index (χ0n) is 13.3. The number of morpholine rings is 1. The first-order valence-electron chi connectivity index (χ1n) is 8.32. The third kappa shape index (κ3) is 4.44. The number of amides is 1. The van der Waals surface area contributed by atoms with Gasteiger partial charge in [-0.25, -0.2) is 0 Å². The molecule has 0 aliphatic carbocycles. The molecule has 0 bridgehead atoms. The number of carbonyl (C=O) groups excluding carboxylic acids is 1. The summed E-state index contributed by atoms with van der Waals surface area (Å²) in [5.74, 6) is 0.154. The Labute approximate surface area is 142 Å². The molecule has 0 spiro atoms. The Morgan fingerprint density at radius 2 is 2.04 bits per heavy atom. The Kier molecular flexibility index (Phi) is 5.89. The highest BCUT2D eigenvalue weighted by Gasteiger charge is 2.28. The molecule has 2 aliphatic heterocycles. The number of hydrogen-bond acceptors (Lipinski definition) is 4. The molecule has 23 heavy (non-hydrogen) atoms. The molecule has 126 valence electrons. The largest absolute Gasteiger partial charge is 0.379 e. The number of piperidine rings is 1. The maximum Gasteiger partial charge on any atom is 0.241 e. The molecule has 0 unspecified atom stereocenters. The zero-order chi connectivity index (χ0) is 16.1. The van der Waals surface area contributed by atoms with E-state index in [0.29, 0.717) is 24.8 Å². The van der Waals surface area contributed by atoms with Crippen LogP contribution >= 0.6 is 11.6 Å². The lowest BCUT2D eigenvalue weighted by Crippen LogP contribution is -2.51. The van der Waals surface area contributed by atoms with Crippen molar-refractivity contribution in [1.29, 1.82) is 0 Å². The first-order valence-corrected chi connectivity index (χ1v) is 8.70. The van der Waals surface area contributed by atoms with Crippen LogP contribution in [0.15, 0.2) is 24.3 Å². The third-order valence-corrected chi connectivity index (χ3v) is 4.73. The quantitative estimate of drug-likeness (QED) is 0.909. The van der Waals surface area contributed by atoms with Crippen molar-refractivity contribution in [2.24, 2.45) is 0 Å². The van der Waals surface area contributed by atoms with Crippen LogP contribution in [-0.4, -0.2) is 62.8 Å². The van der Waals surface area contributed by atoms with Gasteiger partial charge in [-0.1, -0.05) is 17.7 Å². The van der Waals surface area contributed by atoms with E-state index in [-0.39, 0.29) is 11.9 Å². The maximum atomic E-state index is 13.0. The van der Waals surface area contributed by atoms with Gasteiger partial charge in [0.2, 0.25) is 5.91 Å². The van der Waals surface area contributed by atoms with Crippen molar-refractivity contribution < 1.29 is 9.53 Å². The van der Waals surface area contributed by atoms with Crippen molar-refractivity contribution in [1.82, 2.24) is 10.2 Å². The van der Waals surface area contributed by atoms with Crippen LogP contribution in [0.4, 0.5) is 5.69 Å². The Morgan fingerprint density at radius 3 is 2.74 bits per heavy atom. The van der Waals surface area contributed by atoms with E-state index in [4.69, 9.17) is 16.3 Å². The Morgan fingerprint density at radius 1 is 1.30 bits per heavy atom. The van der Waals surface area contributed by atoms with E-state index in [9.17, 15) is 4.79 Å².